The van der Waals surface area contributed by atoms with Crippen LogP contribution in [0.5, 0.6) is 0 Å². The van der Waals surface area contributed by atoms with Gasteiger partial charge in [0.2, 0.25) is 0 Å². The predicted octanol–water partition coefficient (Wildman–Crippen LogP) is 1.90. The largest absolute Gasteiger partial charge is 0.364 e. The summed E-state index contributed by atoms with van der Waals surface area (Å²) in [6.45, 7) is 0.554. The summed E-state index contributed by atoms with van der Waals surface area (Å²) < 4.78 is 0. The lowest BCUT2D eigenvalue weighted by molar-refractivity contribution is 0.112. The van der Waals surface area contributed by atoms with E-state index in [1.165, 1.54) is 0 Å². The summed E-state index contributed by atoms with van der Waals surface area (Å²) in [6.07, 6.45) is 4.16. The van der Waals surface area contributed by atoms with Crippen LogP contribution in [-0.2, 0) is 6.54 Å². The lowest BCUT2D eigenvalue weighted by Crippen LogP contribution is -2.05. The van der Waals surface area contributed by atoms with E-state index in [-0.39, 0.29) is 0 Å². The van der Waals surface area contributed by atoms with Crippen molar-refractivity contribution >= 4 is 12.1 Å². The molecule has 0 radical (unpaired) electrons. The Bertz CT molecular complexity index is 471. The van der Waals surface area contributed by atoms with Crippen molar-refractivity contribution in [1.29, 1.82) is 0 Å². The Balaban J connectivity index is 2.08. The number of aldehydes is 1. The van der Waals surface area contributed by atoms with Crippen molar-refractivity contribution in [2.75, 3.05) is 5.32 Å². The molecule has 2 aromatic rings. The molecule has 0 bridgehead atoms. The highest BCUT2D eigenvalue weighted by Gasteiger charge is 2.01. The van der Waals surface area contributed by atoms with Gasteiger partial charge in [-0.2, -0.15) is 0 Å². The monoisotopic (exact) mass is 213 g/mol. The molecular weight excluding hydrogens is 202 g/mol. The molecule has 0 spiro atoms. The predicted molar refractivity (Wildman–Crippen MR) is 61.2 cm³/mol. The van der Waals surface area contributed by atoms with Gasteiger partial charge in [0.1, 0.15) is 5.82 Å². The minimum absolute atomic E-state index is 0.554. The first-order valence-electron chi connectivity index (χ1n) is 4.94. The lowest BCUT2D eigenvalue weighted by Gasteiger charge is -2.06. The summed E-state index contributed by atoms with van der Waals surface area (Å²) in [5, 5.41) is 3.08. The molecule has 4 nitrogen and oxygen atoms in total. The molecule has 0 fully saturated rings. The van der Waals surface area contributed by atoms with Gasteiger partial charge in [-0.3, -0.25) is 9.78 Å². The number of rotatable bonds is 4. The van der Waals surface area contributed by atoms with Crippen LogP contribution in [0.15, 0.2) is 42.7 Å². The van der Waals surface area contributed by atoms with Crippen LogP contribution in [0, 0.1) is 0 Å². The Labute approximate surface area is 93.4 Å². The zero-order valence-corrected chi connectivity index (χ0v) is 8.63. The quantitative estimate of drug-likeness (QED) is 0.788. The second-order valence-electron chi connectivity index (χ2n) is 3.23. The van der Waals surface area contributed by atoms with E-state index in [0.717, 1.165) is 12.0 Å². The molecule has 0 aliphatic rings. The van der Waals surface area contributed by atoms with Crippen molar-refractivity contribution in [3.05, 3.63) is 54.0 Å². The Hall–Kier alpha value is -2.23. The van der Waals surface area contributed by atoms with Gasteiger partial charge in [-0.25, -0.2) is 4.98 Å². The van der Waals surface area contributed by atoms with Crippen LogP contribution in [0.25, 0.3) is 0 Å². The Morgan fingerprint density at radius 2 is 2.00 bits per heavy atom. The van der Waals surface area contributed by atoms with Crippen molar-refractivity contribution in [2.24, 2.45) is 0 Å². The van der Waals surface area contributed by atoms with Gasteiger partial charge in [0, 0.05) is 12.4 Å². The van der Waals surface area contributed by atoms with E-state index in [4.69, 9.17) is 0 Å². The third-order valence-corrected chi connectivity index (χ3v) is 2.13. The van der Waals surface area contributed by atoms with Crippen molar-refractivity contribution in [2.45, 2.75) is 6.54 Å². The summed E-state index contributed by atoms with van der Waals surface area (Å²) in [5.74, 6) is 0.586. The average molecular weight is 213 g/mol. The van der Waals surface area contributed by atoms with Gasteiger partial charge in [-0.15, -0.1) is 0 Å². The Morgan fingerprint density at radius 1 is 1.12 bits per heavy atom. The highest BCUT2D eigenvalue weighted by molar-refractivity contribution is 5.82. The van der Waals surface area contributed by atoms with Crippen molar-refractivity contribution in [3.63, 3.8) is 0 Å². The summed E-state index contributed by atoms with van der Waals surface area (Å²) >= 11 is 0. The summed E-state index contributed by atoms with van der Waals surface area (Å²) in [7, 11) is 0. The molecule has 0 unspecified atom stereocenters. The second kappa shape index (κ2) is 5.02. The fourth-order valence-electron chi connectivity index (χ4n) is 1.34. The fourth-order valence-corrected chi connectivity index (χ4v) is 1.34. The normalized spacial score (nSPS) is 9.75. The summed E-state index contributed by atoms with van der Waals surface area (Å²) in [5.41, 5.74) is 1.46. The molecule has 2 rings (SSSR count). The van der Waals surface area contributed by atoms with Gasteiger partial charge in [0.15, 0.2) is 6.29 Å². The molecule has 0 saturated heterocycles. The number of carbonyl (C=O) groups excluding carboxylic acids is 1. The van der Waals surface area contributed by atoms with E-state index < -0.39 is 0 Å². The number of hydrogen-bond acceptors (Lipinski definition) is 4. The van der Waals surface area contributed by atoms with Crippen LogP contribution < -0.4 is 5.32 Å². The molecule has 0 amide bonds. The zero-order chi connectivity index (χ0) is 11.2. The van der Waals surface area contributed by atoms with Gasteiger partial charge < -0.3 is 5.32 Å². The number of aromatic nitrogens is 2. The molecule has 0 aliphatic heterocycles. The van der Waals surface area contributed by atoms with Crippen LogP contribution in [0.3, 0.4) is 0 Å². The van der Waals surface area contributed by atoms with Gasteiger partial charge >= 0.3 is 0 Å². The molecule has 0 aromatic carbocycles. The Kier molecular flexibility index (Phi) is 3.23. The lowest BCUT2D eigenvalue weighted by atomic mass is 10.2. The number of nitrogens with zero attached hydrogens (tertiary/aromatic N) is 2. The van der Waals surface area contributed by atoms with Gasteiger partial charge in [0.25, 0.3) is 0 Å². The number of pyridine rings is 2. The van der Waals surface area contributed by atoms with Crippen LogP contribution in [0.1, 0.15) is 16.1 Å². The number of hydrogen-bond donors (Lipinski definition) is 1. The minimum atomic E-state index is 0.554. The van der Waals surface area contributed by atoms with Gasteiger partial charge in [-0.05, 0) is 24.3 Å². The van der Waals surface area contributed by atoms with E-state index in [2.05, 4.69) is 15.3 Å². The molecule has 2 aromatic heterocycles. The van der Waals surface area contributed by atoms with Crippen molar-refractivity contribution in [1.82, 2.24) is 9.97 Å². The van der Waals surface area contributed by atoms with Crippen molar-refractivity contribution in [3.8, 4) is 0 Å². The highest BCUT2D eigenvalue weighted by Crippen LogP contribution is 2.09. The highest BCUT2D eigenvalue weighted by atomic mass is 16.1. The van der Waals surface area contributed by atoms with Crippen molar-refractivity contribution < 1.29 is 4.79 Å². The molecule has 80 valence electrons. The van der Waals surface area contributed by atoms with E-state index >= 15 is 0 Å². The first kappa shape index (κ1) is 10.3. The van der Waals surface area contributed by atoms with Crippen LogP contribution in [0.2, 0.25) is 0 Å². The maximum Gasteiger partial charge on any atom is 0.153 e. The standard InChI is InChI=1S/C12H11N3O/c16-9-10-4-3-7-14-12(10)15-8-11-5-1-2-6-13-11/h1-7,9H,8H2,(H,14,15). The number of carbonyl (C=O) groups is 1. The van der Waals surface area contributed by atoms with Crippen LogP contribution in [-0.4, -0.2) is 16.3 Å². The molecule has 1 N–H and O–H groups in total. The first-order chi connectivity index (χ1) is 7.90. The fraction of sp³-hybridized carbons (Fsp3) is 0.0833. The molecule has 0 aliphatic carbocycles. The third-order valence-electron chi connectivity index (χ3n) is 2.13. The molecule has 4 heteroatoms. The number of nitrogens with one attached hydrogen (secondary N) is 1. The van der Waals surface area contributed by atoms with Crippen LogP contribution in [0.4, 0.5) is 5.82 Å². The molecule has 0 saturated carbocycles. The van der Waals surface area contributed by atoms with E-state index in [0.29, 0.717) is 17.9 Å². The van der Waals surface area contributed by atoms with Crippen LogP contribution >= 0.6 is 0 Å². The maximum atomic E-state index is 10.7. The second-order valence-corrected chi connectivity index (χ2v) is 3.23. The minimum Gasteiger partial charge on any atom is -0.364 e. The Morgan fingerprint density at radius 3 is 2.75 bits per heavy atom. The van der Waals surface area contributed by atoms with E-state index in [9.17, 15) is 4.79 Å². The van der Waals surface area contributed by atoms with Gasteiger partial charge in [-0.1, -0.05) is 6.07 Å². The molecule has 0 atom stereocenters. The maximum absolute atomic E-state index is 10.7. The smallest absolute Gasteiger partial charge is 0.153 e. The SMILES string of the molecule is O=Cc1cccnc1NCc1ccccn1. The first-order valence-corrected chi connectivity index (χ1v) is 4.94. The summed E-state index contributed by atoms with van der Waals surface area (Å²) in [4.78, 5) is 19.0. The summed E-state index contributed by atoms with van der Waals surface area (Å²) in [6, 6.07) is 9.15. The molecule has 2 heterocycles. The number of anilines is 1. The average Bonchev–Trinajstić information content (AvgIpc) is 2.38. The molecular formula is C12H11N3O. The third kappa shape index (κ3) is 2.42. The topological polar surface area (TPSA) is 54.9 Å². The van der Waals surface area contributed by atoms with E-state index in [1.807, 2.05) is 18.2 Å². The zero-order valence-electron chi connectivity index (χ0n) is 8.63. The van der Waals surface area contributed by atoms with E-state index in [1.54, 1.807) is 24.5 Å². The van der Waals surface area contributed by atoms with Gasteiger partial charge in [0.05, 0.1) is 17.8 Å². The molecule has 16 heavy (non-hydrogen) atoms.